The normalized spacial score (nSPS) is 10.5. The van der Waals surface area contributed by atoms with Gasteiger partial charge in [-0.1, -0.05) is 48.5 Å². The molecule has 4 nitrogen and oxygen atoms in total. The molecule has 0 unspecified atom stereocenters. The molecule has 0 aliphatic heterocycles. The SMILES string of the molecule is CCOC(=O)c1c(C)nc(-c2ccccc2)n1-c1ccccc1. The van der Waals surface area contributed by atoms with Crippen molar-refractivity contribution in [3.8, 4) is 17.1 Å². The Labute approximate surface area is 135 Å². The monoisotopic (exact) mass is 306 g/mol. The molecule has 0 aliphatic rings. The first-order valence-electron chi connectivity index (χ1n) is 7.59. The van der Waals surface area contributed by atoms with E-state index in [1.807, 2.05) is 72.2 Å². The number of carbonyl (C=O) groups is 1. The number of carbonyl (C=O) groups excluding carboxylic acids is 1. The molecule has 0 N–H and O–H groups in total. The highest BCUT2D eigenvalue weighted by Crippen LogP contribution is 2.27. The largest absolute Gasteiger partial charge is 0.461 e. The van der Waals surface area contributed by atoms with Gasteiger partial charge >= 0.3 is 5.97 Å². The van der Waals surface area contributed by atoms with Crippen molar-refractivity contribution in [3.05, 3.63) is 72.1 Å². The zero-order valence-corrected chi connectivity index (χ0v) is 13.2. The molecule has 0 bridgehead atoms. The Hall–Kier alpha value is -2.88. The highest BCUT2D eigenvalue weighted by atomic mass is 16.5. The van der Waals surface area contributed by atoms with E-state index in [2.05, 4.69) is 4.98 Å². The standard InChI is InChI=1S/C19H18N2O2/c1-3-23-19(22)17-14(2)20-18(15-10-6-4-7-11-15)21(17)16-12-8-5-9-13-16/h4-13H,3H2,1-2H3. The molecule has 3 rings (SSSR count). The van der Waals surface area contributed by atoms with Crippen LogP contribution in [0.5, 0.6) is 0 Å². The molecule has 23 heavy (non-hydrogen) atoms. The number of imidazole rings is 1. The summed E-state index contributed by atoms with van der Waals surface area (Å²) >= 11 is 0. The Morgan fingerprint density at radius 3 is 2.26 bits per heavy atom. The molecule has 2 aromatic carbocycles. The quantitative estimate of drug-likeness (QED) is 0.684. The van der Waals surface area contributed by atoms with Gasteiger partial charge in [0.2, 0.25) is 0 Å². The van der Waals surface area contributed by atoms with E-state index in [-0.39, 0.29) is 5.97 Å². The number of aryl methyl sites for hydroxylation is 1. The Bertz CT molecular complexity index is 808. The second-order valence-electron chi connectivity index (χ2n) is 5.13. The topological polar surface area (TPSA) is 44.1 Å². The molecule has 1 aromatic heterocycles. The molecule has 116 valence electrons. The van der Waals surface area contributed by atoms with Gasteiger partial charge < -0.3 is 4.74 Å². The molecule has 0 spiro atoms. The molecule has 3 aromatic rings. The van der Waals surface area contributed by atoms with Gasteiger partial charge in [-0.3, -0.25) is 4.57 Å². The fraction of sp³-hybridized carbons (Fsp3) is 0.158. The van der Waals surface area contributed by atoms with Gasteiger partial charge in [0.25, 0.3) is 0 Å². The number of hydrogen-bond donors (Lipinski definition) is 0. The first kappa shape index (κ1) is 15.0. The maximum atomic E-state index is 12.4. The van der Waals surface area contributed by atoms with Gasteiger partial charge in [-0.25, -0.2) is 9.78 Å². The van der Waals surface area contributed by atoms with Crippen LogP contribution in [0, 0.1) is 6.92 Å². The fourth-order valence-corrected chi connectivity index (χ4v) is 2.58. The highest BCUT2D eigenvalue weighted by molar-refractivity contribution is 5.91. The van der Waals surface area contributed by atoms with Crippen molar-refractivity contribution in [2.45, 2.75) is 13.8 Å². The second kappa shape index (κ2) is 6.48. The Morgan fingerprint density at radius 1 is 1.04 bits per heavy atom. The molecule has 1 heterocycles. The van der Waals surface area contributed by atoms with Crippen LogP contribution in [0.2, 0.25) is 0 Å². The first-order valence-corrected chi connectivity index (χ1v) is 7.59. The summed E-state index contributed by atoms with van der Waals surface area (Å²) in [7, 11) is 0. The lowest BCUT2D eigenvalue weighted by molar-refractivity contribution is 0.0516. The zero-order valence-electron chi connectivity index (χ0n) is 13.2. The third-order valence-electron chi connectivity index (χ3n) is 3.57. The van der Waals surface area contributed by atoms with Crippen LogP contribution in [-0.2, 0) is 4.74 Å². The van der Waals surface area contributed by atoms with E-state index in [0.29, 0.717) is 18.0 Å². The summed E-state index contributed by atoms with van der Waals surface area (Å²) < 4.78 is 7.08. The number of hydrogen-bond acceptors (Lipinski definition) is 3. The van der Waals surface area contributed by atoms with Crippen LogP contribution in [-0.4, -0.2) is 22.1 Å². The summed E-state index contributed by atoms with van der Waals surface area (Å²) in [6.07, 6.45) is 0. The molecule has 0 saturated heterocycles. The third-order valence-corrected chi connectivity index (χ3v) is 3.57. The van der Waals surface area contributed by atoms with Crippen molar-refractivity contribution >= 4 is 5.97 Å². The molecule has 0 amide bonds. The van der Waals surface area contributed by atoms with Crippen LogP contribution in [0.1, 0.15) is 23.1 Å². The summed E-state index contributed by atoms with van der Waals surface area (Å²) in [5.41, 5.74) is 2.97. The average Bonchev–Trinajstić information content (AvgIpc) is 2.94. The van der Waals surface area contributed by atoms with Gasteiger partial charge in [-0.05, 0) is 26.0 Å². The van der Waals surface area contributed by atoms with Gasteiger partial charge in [-0.2, -0.15) is 0 Å². The van der Waals surface area contributed by atoms with E-state index in [1.165, 1.54) is 0 Å². The van der Waals surface area contributed by atoms with Gasteiger partial charge in [0.15, 0.2) is 5.69 Å². The molecule has 0 atom stereocenters. The van der Waals surface area contributed by atoms with E-state index < -0.39 is 0 Å². The molecule has 0 fully saturated rings. The van der Waals surface area contributed by atoms with Gasteiger partial charge in [-0.15, -0.1) is 0 Å². The Kier molecular flexibility index (Phi) is 4.24. The van der Waals surface area contributed by atoms with Gasteiger partial charge in [0.05, 0.1) is 12.3 Å². The summed E-state index contributed by atoms with van der Waals surface area (Å²) in [6, 6.07) is 19.6. The van der Waals surface area contributed by atoms with E-state index in [1.54, 1.807) is 6.92 Å². The number of ether oxygens (including phenoxy) is 1. The Morgan fingerprint density at radius 2 is 1.65 bits per heavy atom. The van der Waals surface area contributed by atoms with E-state index in [4.69, 9.17) is 4.74 Å². The fourth-order valence-electron chi connectivity index (χ4n) is 2.58. The third kappa shape index (κ3) is 2.88. The minimum absolute atomic E-state index is 0.332. The number of para-hydroxylation sites is 1. The van der Waals surface area contributed by atoms with Gasteiger partial charge in [0, 0.05) is 11.3 Å². The van der Waals surface area contributed by atoms with Crippen molar-refractivity contribution in [1.29, 1.82) is 0 Å². The first-order chi connectivity index (χ1) is 11.2. The van der Waals surface area contributed by atoms with Crippen LogP contribution in [0.15, 0.2) is 60.7 Å². The summed E-state index contributed by atoms with van der Waals surface area (Å²) in [4.78, 5) is 17.0. The maximum absolute atomic E-state index is 12.4. The van der Waals surface area contributed by atoms with E-state index in [0.717, 1.165) is 17.1 Å². The minimum Gasteiger partial charge on any atom is -0.461 e. The minimum atomic E-state index is -0.358. The molecular formula is C19H18N2O2. The maximum Gasteiger partial charge on any atom is 0.357 e. The molecule has 0 saturated carbocycles. The number of benzene rings is 2. The van der Waals surface area contributed by atoms with E-state index >= 15 is 0 Å². The average molecular weight is 306 g/mol. The lowest BCUT2D eigenvalue weighted by Gasteiger charge is -2.12. The number of aromatic nitrogens is 2. The van der Waals surface area contributed by atoms with Crippen LogP contribution in [0.4, 0.5) is 0 Å². The lowest BCUT2D eigenvalue weighted by Crippen LogP contribution is -2.13. The van der Waals surface area contributed by atoms with Crippen LogP contribution in [0.3, 0.4) is 0 Å². The van der Waals surface area contributed by atoms with E-state index in [9.17, 15) is 4.79 Å². The number of nitrogens with zero attached hydrogens (tertiary/aromatic N) is 2. The predicted molar refractivity (Wildman–Crippen MR) is 89.7 cm³/mol. The van der Waals surface area contributed by atoms with Crippen LogP contribution < -0.4 is 0 Å². The van der Waals surface area contributed by atoms with Crippen molar-refractivity contribution in [2.24, 2.45) is 0 Å². The van der Waals surface area contributed by atoms with Crippen molar-refractivity contribution in [3.63, 3.8) is 0 Å². The van der Waals surface area contributed by atoms with Crippen molar-refractivity contribution in [2.75, 3.05) is 6.61 Å². The highest BCUT2D eigenvalue weighted by Gasteiger charge is 2.23. The van der Waals surface area contributed by atoms with Crippen molar-refractivity contribution < 1.29 is 9.53 Å². The smallest absolute Gasteiger partial charge is 0.357 e. The molecule has 0 radical (unpaired) electrons. The van der Waals surface area contributed by atoms with Crippen molar-refractivity contribution in [1.82, 2.24) is 9.55 Å². The molecule has 4 heteroatoms. The molecular weight excluding hydrogens is 288 g/mol. The second-order valence-corrected chi connectivity index (χ2v) is 5.13. The van der Waals surface area contributed by atoms with Crippen LogP contribution in [0.25, 0.3) is 17.1 Å². The summed E-state index contributed by atoms with van der Waals surface area (Å²) in [5.74, 6) is 0.376. The summed E-state index contributed by atoms with van der Waals surface area (Å²) in [6.45, 7) is 3.96. The molecule has 0 aliphatic carbocycles. The zero-order chi connectivity index (χ0) is 16.2. The van der Waals surface area contributed by atoms with Crippen LogP contribution >= 0.6 is 0 Å². The lowest BCUT2D eigenvalue weighted by atomic mass is 10.2. The summed E-state index contributed by atoms with van der Waals surface area (Å²) in [5, 5.41) is 0. The van der Waals surface area contributed by atoms with Gasteiger partial charge in [0.1, 0.15) is 5.82 Å². The number of esters is 1. The predicted octanol–water partition coefficient (Wildman–Crippen LogP) is 4.02. The Balaban J connectivity index is 2.25. The number of rotatable bonds is 4.